The van der Waals surface area contributed by atoms with Gasteiger partial charge in [-0.2, -0.15) is 0 Å². The highest BCUT2D eigenvalue weighted by Crippen LogP contribution is 2.29. The minimum absolute atomic E-state index is 0.0655. The first-order valence-electron chi connectivity index (χ1n) is 8.69. The standard InChI is InChI=1S/C20H22F2N2O3/c1-20(2,10-12-7-8-13(21)9-14(12)22)23-11-16(25)18-19(26)24-15-5-3-4-6-17(15)27-18/h3-9,16,18,23,25H,10-11H2,1-2H3,(H,24,26). The van der Waals surface area contributed by atoms with Gasteiger partial charge in [0, 0.05) is 18.2 Å². The molecule has 2 unspecified atom stereocenters. The Labute approximate surface area is 156 Å². The zero-order valence-electron chi connectivity index (χ0n) is 15.1. The molecule has 2 aromatic rings. The highest BCUT2D eigenvalue weighted by atomic mass is 19.1. The number of nitrogens with one attached hydrogen (secondary N) is 2. The second-order valence-electron chi connectivity index (χ2n) is 7.27. The summed E-state index contributed by atoms with van der Waals surface area (Å²) in [4.78, 5) is 12.2. The largest absolute Gasteiger partial charge is 0.476 e. The molecule has 144 valence electrons. The van der Waals surface area contributed by atoms with Gasteiger partial charge in [-0.3, -0.25) is 4.79 Å². The van der Waals surface area contributed by atoms with Crippen molar-refractivity contribution in [2.75, 3.05) is 11.9 Å². The van der Waals surface area contributed by atoms with Crippen LogP contribution < -0.4 is 15.4 Å². The average molecular weight is 376 g/mol. The first-order valence-corrected chi connectivity index (χ1v) is 8.69. The number of para-hydroxylation sites is 2. The Morgan fingerprint density at radius 2 is 2.00 bits per heavy atom. The lowest BCUT2D eigenvalue weighted by Gasteiger charge is -2.32. The molecule has 0 saturated carbocycles. The van der Waals surface area contributed by atoms with Gasteiger partial charge in [0.15, 0.2) is 0 Å². The molecule has 3 N–H and O–H groups in total. The molecule has 1 heterocycles. The van der Waals surface area contributed by atoms with Crippen LogP contribution in [0.3, 0.4) is 0 Å². The van der Waals surface area contributed by atoms with E-state index in [1.54, 1.807) is 24.3 Å². The third-order valence-corrected chi connectivity index (χ3v) is 4.44. The number of ether oxygens (including phenoxy) is 1. The lowest BCUT2D eigenvalue weighted by molar-refractivity contribution is -0.128. The van der Waals surface area contributed by atoms with Crippen LogP contribution in [0.2, 0.25) is 0 Å². The second-order valence-corrected chi connectivity index (χ2v) is 7.27. The highest BCUT2D eigenvalue weighted by molar-refractivity contribution is 5.98. The lowest BCUT2D eigenvalue weighted by Crippen LogP contribution is -2.53. The van der Waals surface area contributed by atoms with Crippen LogP contribution in [0.4, 0.5) is 14.5 Å². The van der Waals surface area contributed by atoms with Crippen LogP contribution in [-0.4, -0.2) is 35.3 Å². The van der Waals surface area contributed by atoms with Gasteiger partial charge in [0.2, 0.25) is 6.10 Å². The van der Waals surface area contributed by atoms with E-state index in [1.165, 1.54) is 12.1 Å². The number of aliphatic hydroxyl groups is 1. The predicted octanol–water partition coefficient (Wildman–Crippen LogP) is 2.64. The Kier molecular flexibility index (Phi) is 5.43. The summed E-state index contributed by atoms with van der Waals surface area (Å²) in [5.41, 5.74) is 0.331. The molecule has 0 aliphatic carbocycles. The summed E-state index contributed by atoms with van der Waals surface area (Å²) < 4.78 is 32.5. The van der Waals surface area contributed by atoms with Crippen LogP contribution in [0.15, 0.2) is 42.5 Å². The van der Waals surface area contributed by atoms with Crippen LogP contribution in [0, 0.1) is 11.6 Å². The second kappa shape index (κ2) is 7.62. The van der Waals surface area contributed by atoms with Crippen molar-refractivity contribution in [1.29, 1.82) is 0 Å². The SMILES string of the molecule is CC(C)(Cc1ccc(F)cc1F)NCC(O)C1Oc2ccccc2NC1=O. The van der Waals surface area contributed by atoms with Gasteiger partial charge in [0.1, 0.15) is 23.5 Å². The van der Waals surface area contributed by atoms with Gasteiger partial charge < -0.3 is 20.5 Å². The fraction of sp³-hybridized carbons (Fsp3) is 0.350. The molecular formula is C20H22F2N2O3. The number of fused-ring (bicyclic) bond motifs is 1. The molecule has 2 aromatic carbocycles. The molecule has 2 atom stereocenters. The summed E-state index contributed by atoms with van der Waals surface area (Å²) in [6.45, 7) is 3.73. The topological polar surface area (TPSA) is 70.6 Å². The first-order chi connectivity index (χ1) is 12.7. The number of carbonyl (C=O) groups is 1. The van der Waals surface area contributed by atoms with Crippen molar-refractivity contribution in [3.63, 3.8) is 0 Å². The van der Waals surface area contributed by atoms with Crippen molar-refractivity contribution in [3.8, 4) is 5.75 Å². The number of rotatable bonds is 6. The van der Waals surface area contributed by atoms with E-state index in [4.69, 9.17) is 4.74 Å². The average Bonchev–Trinajstić information content (AvgIpc) is 2.61. The highest BCUT2D eigenvalue weighted by Gasteiger charge is 2.34. The van der Waals surface area contributed by atoms with E-state index in [-0.39, 0.29) is 13.0 Å². The van der Waals surface area contributed by atoms with E-state index >= 15 is 0 Å². The first kappa shape index (κ1) is 19.3. The van der Waals surface area contributed by atoms with E-state index in [0.29, 0.717) is 17.0 Å². The molecule has 27 heavy (non-hydrogen) atoms. The van der Waals surface area contributed by atoms with Gasteiger partial charge in [0.25, 0.3) is 5.91 Å². The summed E-state index contributed by atoms with van der Waals surface area (Å²) in [5.74, 6) is -1.17. The van der Waals surface area contributed by atoms with E-state index in [9.17, 15) is 18.7 Å². The van der Waals surface area contributed by atoms with E-state index < -0.39 is 35.3 Å². The Balaban J connectivity index is 1.61. The minimum atomic E-state index is -1.10. The fourth-order valence-corrected chi connectivity index (χ4v) is 3.01. The molecular weight excluding hydrogens is 354 g/mol. The Bertz CT molecular complexity index is 842. The Hall–Kier alpha value is -2.51. The van der Waals surface area contributed by atoms with Gasteiger partial charge in [-0.1, -0.05) is 18.2 Å². The smallest absolute Gasteiger partial charge is 0.268 e. The molecule has 1 amide bonds. The summed E-state index contributed by atoms with van der Waals surface area (Å²) in [6, 6.07) is 10.4. The number of benzene rings is 2. The van der Waals surface area contributed by atoms with Gasteiger partial charge in [-0.05, 0) is 44.0 Å². The van der Waals surface area contributed by atoms with Crippen molar-refractivity contribution in [2.24, 2.45) is 0 Å². The maximum Gasteiger partial charge on any atom is 0.268 e. The Morgan fingerprint density at radius 1 is 1.26 bits per heavy atom. The summed E-state index contributed by atoms with van der Waals surface area (Å²) >= 11 is 0. The predicted molar refractivity (Wildman–Crippen MR) is 97.6 cm³/mol. The van der Waals surface area contributed by atoms with Gasteiger partial charge in [0.05, 0.1) is 5.69 Å². The molecule has 1 aliphatic rings. The molecule has 0 fully saturated rings. The number of hydrogen-bond donors (Lipinski definition) is 3. The number of β-amino-alcohol motifs (C(OH)–C–C–N with tert-alkyl or cyclic N) is 1. The molecule has 3 rings (SSSR count). The van der Waals surface area contributed by atoms with Crippen molar-refractivity contribution >= 4 is 11.6 Å². The van der Waals surface area contributed by atoms with E-state index in [2.05, 4.69) is 10.6 Å². The van der Waals surface area contributed by atoms with E-state index in [0.717, 1.165) is 6.07 Å². The van der Waals surface area contributed by atoms with Gasteiger partial charge >= 0.3 is 0 Å². The zero-order chi connectivity index (χ0) is 19.6. The number of hydrogen-bond acceptors (Lipinski definition) is 4. The lowest BCUT2D eigenvalue weighted by atomic mass is 9.94. The third kappa shape index (κ3) is 4.61. The number of halogens is 2. The Morgan fingerprint density at radius 3 is 2.74 bits per heavy atom. The third-order valence-electron chi connectivity index (χ3n) is 4.44. The molecule has 0 spiro atoms. The van der Waals surface area contributed by atoms with Gasteiger partial charge in [-0.15, -0.1) is 0 Å². The monoisotopic (exact) mass is 376 g/mol. The number of aliphatic hydroxyl groups excluding tert-OH is 1. The van der Waals surface area contributed by atoms with Gasteiger partial charge in [-0.25, -0.2) is 8.78 Å². The zero-order valence-corrected chi connectivity index (χ0v) is 15.1. The number of carbonyl (C=O) groups excluding carboxylic acids is 1. The molecule has 7 heteroatoms. The number of anilines is 1. The van der Waals surface area contributed by atoms with Crippen molar-refractivity contribution in [1.82, 2.24) is 5.32 Å². The quantitative estimate of drug-likeness (QED) is 0.725. The summed E-state index contributed by atoms with van der Waals surface area (Å²) in [7, 11) is 0. The normalized spacial score (nSPS) is 17.7. The summed E-state index contributed by atoms with van der Waals surface area (Å²) in [5, 5.41) is 16.2. The van der Waals surface area contributed by atoms with Crippen molar-refractivity contribution in [2.45, 2.75) is 38.0 Å². The van der Waals surface area contributed by atoms with Crippen LogP contribution in [0.1, 0.15) is 19.4 Å². The number of amides is 1. The van der Waals surface area contributed by atoms with E-state index in [1.807, 2.05) is 13.8 Å². The molecule has 0 radical (unpaired) electrons. The molecule has 0 saturated heterocycles. The minimum Gasteiger partial charge on any atom is -0.476 e. The maximum atomic E-state index is 13.9. The van der Waals surface area contributed by atoms with Crippen LogP contribution in [-0.2, 0) is 11.2 Å². The molecule has 0 bridgehead atoms. The van der Waals surface area contributed by atoms with Crippen LogP contribution >= 0.6 is 0 Å². The van der Waals surface area contributed by atoms with Crippen LogP contribution in [0.25, 0.3) is 0 Å². The maximum absolute atomic E-state index is 13.9. The molecule has 1 aliphatic heterocycles. The van der Waals surface area contributed by atoms with Crippen LogP contribution in [0.5, 0.6) is 5.75 Å². The van der Waals surface area contributed by atoms with Crippen molar-refractivity contribution < 1.29 is 23.4 Å². The van der Waals surface area contributed by atoms with Crippen molar-refractivity contribution in [3.05, 3.63) is 59.7 Å². The molecule has 0 aromatic heterocycles. The summed E-state index contributed by atoms with van der Waals surface area (Å²) in [6.07, 6.45) is -1.87. The molecule has 5 nitrogen and oxygen atoms in total. The fourth-order valence-electron chi connectivity index (χ4n) is 3.01.